The Bertz CT molecular complexity index is 751. The molecule has 118 valence electrons. The lowest BCUT2D eigenvalue weighted by Crippen LogP contribution is -2.54. The van der Waals surface area contributed by atoms with Crippen molar-refractivity contribution in [3.63, 3.8) is 0 Å². The monoisotopic (exact) mass is 312 g/mol. The molecular weight excluding hydrogens is 296 g/mol. The summed E-state index contributed by atoms with van der Waals surface area (Å²) in [7, 11) is 0. The second-order valence-corrected chi connectivity index (χ2v) is 6.41. The number of hydrogen-bond donors (Lipinski definition) is 1. The van der Waals surface area contributed by atoms with E-state index in [2.05, 4.69) is 5.32 Å². The van der Waals surface area contributed by atoms with E-state index >= 15 is 0 Å². The Kier molecular flexibility index (Phi) is 2.91. The van der Waals surface area contributed by atoms with Crippen molar-refractivity contribution in [2.75, 3.05) is 4.90 Å². The lowest BCUT2D eigenvalue weighted by atomic mass is 9.91. The Morgan fingerprint density at radius 2 is 2.04 bits per heavy atom. The lowest BCUT2D eigenvalue weighted by Gasteiger charge is -2.30. The van der Waals surface area contributed by atoms with Gasteiger partial charge in [-0.05, 0) is 36.5 Å². The highest BCUT2D eigenvalue weighted by Gasteiger charge is 2.61. The summed E-state index contributed by atoms with van der Waals surface area (Å²) in [5.74, 6) is -0.784. The topological polar surface area (TPSA) is 83.6 Å². The zero-order chi connectivity index (χ0) is 16.2. The van der Waals surface area contributed by atoms with Crippen molar-refractivity contribution >= 4 is 29.7 Å². The van der Waals surface area contributed by atoms with E-state index < -0.39 is 17.4 Å². The number of carbonyl (C=O) groups is 4. The van der Waals surface area contributed by atoms with Crippen LogP contribution in [-0.2, 0) is 31.0 Å². The zero-order valence-electron chi connectivity index (χ0n) is 12.5. The zero-order valence-corrected chi connectivity index (χ0v) is 12.5. The first-order valence-electron chi connectivity index (χ1n) is 7.82. The molecule has 2 heterocycles. The van der Waals surface area contributed by atoms with Gasteiger partial charge >= 0.3 is 0 Å². The van der Waals surface area contributed by atoms with Gasteiger partial charge < -0.3 is 4.79 Å². The Morgan fingerprint density at radius 3 is 2.70 bits per heavy atom. The third-order valence-electron chi connectivity index (χ3n) is 5.07. The van der Waals surface area contributed by atoms with Gasteiger partial charge in [-0.1, -0.05) is 12.1 Å². The lowest BCUT2D eigenvalue weighted by molar-refractivity contribution is -0.135. The minimum Gasteiger partial charge on any atom is -0.303 e. The summed E-state index contributed by atoms with van der Waals surface area (Å²) in [6.07, 6.45) is 3.17. The third kappa shape index (κ3) is 1.87. The number of benzene rings is 1. The van der Waals surface area contributed by atoms with Gasteiger partial charge in [-0.25, -0.2) is 0 Å². The molecule has 2 aliphatic heterocycles. The highest BCUT2D eigenvalue weighted by Crippen LogP contribution is 2.59. The number of imide groups is 1. The number of nitrogens with one attached hydrogen (secondary N) is 1. The van der Waals surface area contributed by atoms with Crippen LogP contribution in [0.3, 0.4) is 0 Å². The molecule has 1 saturated heterocycles. The summed E-state index contributed by atoms with van der Waals surface area (Å²) in [6, 6.07) is 4.86. The summed E-state index contributed by atoms with van der Waals surface area (Å²) in [6.45, 7) is 0. The van der Waals surface area contributed by atoms with Gasteiger partial charge in [-0.2, -0.15) is 0 Å². The fraction of sp³-hybridized carbons (Fsp3) is 0.412. The highest BCUT2D eigenvalue weighted by atomic mass is 16.2. The summed E-state index contributed by atoms with van der Waals surface area (Å²) >= 11 is 0. The van der Waals surface area contributed by atoms with Gasteiger partial charge in [0.05, 0.1) is 5.41 Å². The molecule has 23 heavy (non-hydrogen) atoms. The Morgan fingerprint density at radius 1 is 1.26 bits per heavy atom. The predicted molar refractivity (Wildman–Crippen MR) is 80.8 cm³/mol. The van der Waals surface area contributed by atoms with Crippen LogP contribution in [0.2, 0.25) is 0 Å². The van der Waals surface area contributed by atoms with Gasteiger partial charge in [0.2, 0.25) is 17.7 Å². The minimum atomic E-state index is -0.648. The third-order valence-corrected chi connectivity index (χ3v) is 5.07. The molecule has 0 aromatic heterocycles. The number of aldehydes is 1. The maximum atomic E-state index is 13.0. The molecule has 6 nitrogen and oxygen atoms in total. The standard InChI is InChI=1S/C17H16N2O4/c20-9-6-10-2-1-3-11-14(10)17(7-8-17)16(23)19(11)12-4-5-13(21)18-15(12)22/h1-3,9,12H,4-8H2,(H,18,21,22). The van der Waals surface area contributed by atoms with Crippen LogP contribution in [0.5, 0.6) is 0 Å². The van der Waals surface area contributed by atoms with Crippen LogP contribution in [0.15, 0.2) is 18.2 Å². The van der Waals surface area contributed by atoms with E-state index in [0.717, 1.165) is 35.9 Å². The van der Waals surface area contributed by atoms with Crippen molar-refractivity contribution in [1.82, 2.24) is 5.32 Å². The van der Waals surface area contributed by atoms with Crippen LogP contribution in [0.1, 0.15) is 36.8 Å². The molecular formula is C17H16N2O4. The summed E-state index contributed by atoms with van der Waals surface area (Å²) in [5, 5.41) is 2.32. The van der Waals surface area contributed by atoms with Crippen molar-refractivity contribution < 1.29 is 19.2 Å². The van der Waals surface area contributed by atoms with E-state index in [0.29, 0.717) is 6.42 Å². The van der Waals surface area contributed by atoms with Gasteiger partial charge in [0.25, 0.3) is 0 Å². The van der Waals surface area contributed by atoms with Crippen LogP contribution in [0, 0.1) is 0 Å². The van der Waals surface area contributed by atoms with Gasteiger partial charge in [0.15, 0.2) is 0 Å². The molecule has 1 saturated carbocycles. The van der Waals surface area contributed by atoms with E-state index in [1.165, 1.54) is 0 Å². The number of piperidine rings is 1. The molecule has 1 N–H and O–H groups in total. The molecule has 3 aliphatic rings. The van der Waals surface area contributed by atoms with Crippen LogP contribution >= 0.6 is 0 Å². The van der Waals surface area contributed by atoms with Crippen molar-refractivity contribution in [1.29, 1.82) is 0 Å². The second kappa shape index (κ2) is 4.75. The SMILES string of the molecule is O=CCc1cccc2c1C1(CC1)C(=O)N2C1CCC(=O)NC1=O. The Balaban J connectivity index is 1.81. The van der Waals surface area contributed by atoms with Crippen molar-refractivity contribution in [3.8, 4) is 0 Å². The molecule has 1 spiro atoms. The molecule has 2 fully saturated rings. The van der Waals surface area contributed by atoms with Gasteiger partial charge in [-0.15, -0.1) is 0 Å². The van der Waals surface area contributed by atoms with Crippen molar-refractivity contribution in [3.05, 3.63) is 29.3 Å². The largest absolute Gasteiger partial charge is 0.303 e. The van der Waals surface area contributed by atoms with E-state index in [-0.39, 0.29) is 24.7 Å². The van der Waals surface area contributed by atoms with E-state index in [4.69, 9.17) is 0 Å². The molecule has 1 unspecified atom stereocenters. The normalized spacial score (nSPS) is 24.6. The highest BCUT2D eigenvalue weighted by molar-refractivity contribution is 6.15. The fourth-order valence-electron chi connectivity index (χ4n) is 3.87. The maximum Gasteiger partial charge on any atom is 0.249 e. The molecule has 1 aromatic carbocycles. The number of hydrogen-bond acceptors (Lipinski definition) is 4. The predicted octanol–water partition coefficient (Wildman–Crippen LogP) is 0.611. The second-order valence-electron chi connectivity index (χ2n) is 6.41. The first-order valence-corrected chi connectivity index (χ1v) is 7.82. The quantitative estimate of drug-likeness (QED) is 0.655. The number of rotatable bonds is 3. The number of nitrogens with zero attached hydrogens (tertiary/aromatic N) is 1. The number of carbonyl (C=O) groups excluding carboxylic acids is 4. The molecule has 4 rings (SSSR count). The molecule has 0 radical (unpaired) electrons. The van der Waals surface area contributed by atoms with Gasteiger partial charge in [0, 0.05) is 18.5 Å². The molecule has 3 amide bonds. The summed E-state index contributed by atoms with van der Waals surface area (Å²) < 4.78 is 0. The summed E-state index contributed by atoms with van der Waals surface area (Å²) in [5.41, 5.74) is 1.93. The maximum absolute atomic E-state index is 13.0. The van der Waals surface area contributed by atoms with Crippen molar-refractivity contribution in [2.24, 2.45) is 0 Å². The van der Waals surface area contributed by atoms with E-state index in [9.17, 15) is 19.2 Å². The summed E-state index contributed by atoms with van der Waals surface area (Å²) in [4.78, 5) is 49.1. The fourth-order valence-corrected chi connectivity index (χ4v) is 3.87. The van der Waals surface area contributed by atoms with E-state index in [1.807, 2.05) is 18.2 Å². The molecule has 6 heteroatoms. The number of fused-ring (bicyclic) bond motifs is 2. The minimum absolute atomic E-state index is 0.0691. The first-order chi connectivity index (χ1) is 11.1. The van der Waals surface area contributed by atoms with Crippen LogP contribution in [0.25, 0.3) is 0 Å². The Labute approximate surface area is 132 Å². The molecule has 1 aliphatic carbocycles. The smallest absolute Gasteiger partial charge is 0.249 e. The number of amides is 3. The van der Waals surface area contributed by atoms with E-state index in [1.54, 1.807) is 4.90 Å². The average Bonchev–Trinajstić information content (AvgIpc) is 3.27. The number of anilines is 1. The first kappa shape index (κ1) is 14.1. The Hall–Kier alpha value is -2.50. The van der Waals surface area contributed by atoms with Gasteiger partial charge in [-0.3, -0.25) is 24.6 Å². The van der Waals surface area contributed by atoms with Crippen LogP contribution < -0.4 is 10.2 Å². The van der Waals surface area contributed by atoms with Crippen LogP contribution in [0.4, 0.5) is 5.69 Å². The van der Waals surface area contributed by atoms with Crippen molar-refractivity contribution in [2.45, 2.75) is 43.6 Å². The average molecular weight is 312 g/mol. The molecule has 1 aromatic rings. The van der Waals surface area contributed by atoms with Gasteiger partial charge in [0.1, 0.15) is 12.3 Å². The van der Waals surface area contributed by atoms with Crippen LogP contribution in [-0.4, -0.2) is 30.0 Å². The molecule has 0 bridgehead atoms. The molecule has 1 atom stereocenters.